The summed E-state index contributed by atoms with van der Waals surface area (Å²) in [5.41, 5.74) is 4.05. The fraction of sp³-hybridized carbons (Fsp3) is 0.300. The van der Waals surface area contributed by atoms with E-state index in [2.05, 4.69) is 18.0 Å². The highest BCUT2D eigenvalue weighted by atomic mass is 16.4. The van der Waals surface area contributed by atoms with Crippen LogP contribution in [-0.4, -0.2) is 11.0 Å². The summed E-state index contributed by atoms with van der Waals surface area (Å²) in [5, 5.41) is 10.4. The van der Waals surface area contributed by atoms with Gasteiger partial charge in [0.1, 0.15) is 0 Å². The lowest BCUT2D eigenvalue weighted by molar-refractivity contribution is -0.297. The third-order valence-electron chi connectivity index (χ3n) is 3.76. The van der Waals surface area contributed by atoms with Crippen LogP contribution in [0.2, 0.25) is 0 Å². The second-order valence-electron chi connectivity index (χ2n) is 5.64. The van der Waals surface area contributed by atoms with Gasteiger partial charge >= 0.3 is 0 Å². The van der Waals surface area contributed by atoms with E-state index >= 15 is 0 Å². The number of carbonyl (C=O) groups excluding carboxylic acids is 1. The van der Waals surface area contributed by atoms with Gasteiger partial charge in [0.15, 0.2) is 0 Å². The first-order chi connectivity index (χ1) is 11.2. The number of carboxylic acids is 1. The number of aryl methyl sites for hydroxylation is 1. The molecule has 1 aromatic carbocycles. The molecular weight excluding hydrogens is 286 g/mol. The van der Waals surface area contributed by atoms with Crippen LogP contribution in [0.3, 0.4) is 0 Å². The lowest BCUT2D eigenvalue weighted by Crippen LogP contribution is -2.18. The maximum atomic E-state index is 10.4. The van der Waals surface area contributed by atoms with Gasteiger partial charge < -0.3 is 9.90 Å². The van der Waals surface area contributed by atoms with Crippen LogP contribution in [0, 0.1) is 0 Å². The minimum absolute atomic E-state index is 0.825. The van der Waals surface area contributed by atoms with Crippen molar-refractivity contribution in [3.8, 4) is 11.3 Å². The topological polar surface area (TPSA) is 53.0 Å². The summed E-state index contributed by atoms with van der Waals surface area (Å²) in [5.74, 6) is -1.19. The first-order valence-corrected chi connectivity index (χ1v) is 8.13. The predicted molar refractivity (Wildman–Crippen MR) is 91.6 cm³/mol. The predicted octanol–water partition coefficient (Wildman–Crippen LogP) is 3.63. The minimum atomic E-state index is -1.19. The number of nitrogens with zero attached hydrogens (tertiary/aromatic N) is 1. The number of unbranched alkanes of at least 4 members (excludes halogenated alkanes) is 3. The maximum absolute atomic E-state index is 10.4. The summed E-state index contributed by atoms with van der Waals surface area (Å²) in [7, 11) is 0. The Morgan fingerprint density at radius 1 is 1.09 bits per heavy atom. The lowest BCUT2D eigenvalue weighted by Gasteiger charge is -2.04. The molecule has 0 fully saturated rings. The van der Waals surface area contributed by atoms with E-state index in [1.807, 2.05) is 36.5 Å². The second kappa shape index (κ2) is 8.89. The summed E-state index contributed by atoms with van der Waals surface area (Å²) >= 11 is 0. The molecule has 0 unspecified atom stereocenters. The van der Waals surface area contributed by atoms with Crippen LogP contribution in [-0.2, 0) is 11.2 Å². The molecule has 0 spiro atoms. The van der Waals surface area contributed by atoms with Crippen molar-refractivity contribution >= 4 is 12.0 Å². The van der Waals surface area contributed by atoms with E-state index in [0.717, 1.165) is 29.3 Å². The van der Waals surface area contributed by atoms with Crippen molar-refractivity contribution in [2.45, 2.75) is 39.0 Å². The zero-order chi connectivity index (χ0) is 16.5. The molecule has 0 saturated heterocycles. The van der Waals surface area contributed by atoms with Gasteiger partial charge in [-0.2, -0.15) is 0 Å². The summed E-state index contributed by atoms with van der Waals surface area (Å²) in [6, 6.07) is 11.8. The molecule has 3 heteroatoms. The van der Waals surface area contributed by atoms with Crippen LogP contribution < -0.4 is 5.11 Å². The lowest BCUT2D eigenvalue weighted by atomic mass is 10.1. The van der Waals surface area contributed by atoms with E-state index in [1.54, 1.807) is 0 Å². The van der Waals surface area contributed by atoms with E-state index < -0.39 is 5.97 Å². The zero-order valence-electron chi connectivity index (χ0n) is 13.5. The molecule has 0 aliphatic rings. The molecule has 0 bridgehead atoms. The SMILES string of the molecule is CCCCCCc1ccc(-c2ccc(/C=C/C(=O)[O-])cc2)nc1. The van der Waals surface area contributed by atoms with Crippen molar-refractivity contribution in [1.82, 2.24) is 4.98 Å². The smallest absolute Gasteiger partial charge is 0.0702 e. The Labute approximate surface area is 137 Å². The Balaban J connectivity index is 1.97. The van der Waals surface area contributed by atoms with Gasteiger partial charge in [0.25, 0.3) is 0 Å². The summed E-state index contributed by atoms with van der Waals surface area (Å²) in [6.07, 6.45) is 10.6. The molecule has 1 heterocycles. The first-order valence-electron chi connectivity index (χ1n) is 8.13. The molecule has 0 amide bonds. The number of rotatable bonds is 8. The van der Waals surface area contributed by atoms with Gasteiger partial charge in [0.2, 0.25) is 0 Å². The Hall–Kier alpha value is -2.42. The normalized spacial score (nSPS) is 11.0. The standard InChI is InChI=1S/C20H23NO2/c1-2-3-4-5-6-17-9-13-19(21-15-17)18-11-7-16(8-12-18)10-14-20(22)23/h7-15H,2-6H2,1H3,(H,22,23)/p-1/b14-10+. The molecule has 2 rings (SSSR count). The van der Waals surface area contributed by atoms with Crippen LogP contribution >= 0.6 is 0 Å². The van der Waals surface area contributed by atoms with Crippen molar-refractivity contribution in [2.75, 3.05) is 0 Å². The molecule has 0 N–H and O–H groups in total. The molecule has 0 aliphatic heterocycles. The molecule has 1 aromatic heterocycles. The van der Waals surface area contributed by atoms with E-state index in [4.69, 9.17) is 0 Å². The summed E-state index contributed by atoms with van der Waals surface area (Å²) in [4.78, 5) is 14.9. The van der Waals surface area contributed by atoms with Gasteiger partial charge in [-0.15, -0.1) is 0 Å². The van der Waals surface area contributed by atoms with Crippen molar-refractivity contribution in [1.29, 1.82) is 0 Å². The molecular formula is C20H22NO2-. The highest BCUT2D eigenvalue weighted by Crippen LogP contribution is 2.19. The van der Waals surface area contributed by atoms with E-state index in [-0.39, 0.29) is 0 Å². The molecule has 2 aromatic rings. The van der Waals surface area contributed by atoms with Crippen LogP contribution in [0.15, 0.2) is 48.7 Å². The molecule has 23 heavy (non-hydrogen) atoms. The average molecular weight is 308 g/mol. The Bertz CT molecular complexity index is 642. The Morgan fingerprint density at radius 2 is 1.87 bits per heavy atom. The van der Waals surface area contributed by atoms with E-state index in [1.165, 1.54) is 37.3 Å². The summed E-state index contributed by atoms with van der Waals surface area (Å²) < 4.78 is 0. The quantitative estimate of drug-likeness (QED) is 0.552. The molecule has 0 aliphatic carbocycles. The molecule has 0 radical (unpaired) electrons. The Morgan fingerprint density at radius 3 is 2.48 bits per heavy atom. The highest BCUT2D eigenvalue weighted by Gasteiger charge is 2.00. The number of aromatic nitrogens is 1. The number of aliphatic carboxylic acids is 1. The van der Waals surface area contributed by atoms with E-state index in [9.17, 15) is 9.90 Å². The second-order valence-corrected chi connectivity index (χ2v) is 5.64. The van der Waals surface area contributed by atoms with Gasteiger partial charge in [-0.3, -0.25) is 4.98 Å². The number of hydrogen-bond acceptors (Lipinski definition) is 3. The minimum Gasteiger partial charge on any atom is -0.545 e. The molecule has 0 atom stereocenters. The van der Waals surface area contributed by atoms with Crippen LogP contribution in [0.1, 0.15) is 43.7 Å². The van der Waals surface area contributed by atoms with E-state index in [0.29, 0.717) is 0 Å². The Kier molecular flexibility index (Phi) is 6.55. The average Bonchev–Trinajstić information content (AvgIpc) is 2.58. The van der Waals surface area contributed by atoms with Crippen LogP contribution in [0.5, 0.6) is 0 Å². The fourth-order valence-corrected chi connectivity index (χ4v) is 2.43. The monoisotopic (exact) mass is 308 g/mol. The van der Waals surface area contributed by atoms with Crippen molar-refractivity contribution < 1.29 is 9.90 Å². The number of carbonyl (C=O) groups is 1. The molecule has 3 nitrogen and oxygen atoms in total. The number of hydrogen-bond donors (Lipinski definition) is 0. The maximum Gasteiger partial charge on any atom is 0.0702 e. The first kappa shape index (κ1) is 16.9. The zero-order valence-corrected chi connectivity index (χ0v) is 13.5. The van der Waals surface area contributed by atoms with Crippen molar-refractivity contribution in [2.24, 2.45) is 0 Å². The number of carboxylic acid groups (broad SMARTS) is 1. The largest absolute Gasteiger partial charge is 0.545 e. The van der Waals surface area contributed by atoms with Crippen molar-refractivity contribution in [3.63, 3.8) is 0 Å². The van der Waals surface area contributed by atoms with Gasteiger partial charge in [0.05, 0.1) is 11.7 Å². The van der Waals surface area contributed by atoms with Crippen LogP contribution in [0.4, 0.5) is 0 Å². The summed E-state index contributed by atoms with van der Waals surface area (Å²) in [6.45, 7) is 2.22. The van der Waals surface area contributed by atoms with Crippen molar-refractivity contribution in [3.05, 3.63) is 59.8 Å². The van der Waals surface area contributed by atoms with Gasteiger partial charge in [-0.05, 0) is 36.1 Å². The molecule has 0 saturated carbocycles. The van der Waals surface area contributed by atoms with Gasteiger partial charge in [0, 0.05) is 11.8 Å². The van der Waals surface area contributed by atoms with Crippen LogP contribution in [0.25, 0.3) is 17.3 Å². The number of pyridine rings is 1. The van der Waals surface area contributed by atoms with Gasteiger partial charge in [-0.25, -0.2) is 0 Å². The third-order valence-corrected chi connectivity index (χ3v) is 3.76. The van der Waals surface area contributed by atoms with Gasteiger partial charge in [-0.1, -0.05) is 62.6 Å². The highest BCUT2D eigenvalue weighted by molar-refractivity contribution is 5.83. The fourth-order valence-electron chi connectivity index (χ4n) is 2.43. The third kappa shape index (κ3) is 5.70. The molecule has 120 valence electrons. The number of benzene rings is 1.